The van der Waals surface area contributed by atoms with Crippen molar-refractivity contribution in [1.82, 2.24) is 9.55 Å². The number of aromatic nitrogens is 2. The normalized spacial score (nSPS) is 14.4. The van der Waals surface area contributed by atoms with Gasteiger partial charge in [-0.15, -0.1) is 6.42 Å². The maximum absolute atomic E-state index is 5.48. The van der Waals surface area contributed by atoms with Crippen molar-refractivity contribution < 1.29 is 0 Å². The molecule has 0 aliphatic rings. The summed E-state index contributed by atoms with van der Waals surface area (Å²) in [7, 11) is 0. The third kappa shape index (κ3) is 2.08. The van der Waals surface area contributed by atoms with Crippen LogP contribution in [0.3, 0.4) is 0 Å². The van der Waals surface area contributed by atoms with Crippen LogP contribution in [0.25, 0.3) is 0 Å². The highest BCUT2D eigenvalue weighted by molar-refractivity contribution is 5.35. The number of nitrogens with zero attached hydrogens (tertiary/aromatic N) is 2. The fourth-order valence-corrected chi connectivity index (χ4v) is 1.16. The molecule has 1 unspecified atom stereocenters. The Morgan fingerprint density at radius 1 is 1.64 bits per heavy atom. The molecule has 0 radical (unpaired) electrons. The molecular weight excluding hydrogens is 174 g/mol. The largest absolute Gasteiger partial charge is 0.340 e. The zero-order valence-electron chi connectivity index (χ0n) is 9.04. The molecule has 1 N–H and O–H groups in total. The van der Waals surface area contributed by atoms with Gasteiger partial charge in [0.1, 0.15) is 0 Å². The van der Waals surface area contributed by atoms with E-state index in [2.05, 4.69) is 30.1 Å². The second-order valence-electron chi connectivity index (χ2n) is 3.49. The molecule has 0 bridgehead atoms. The maximum atomic E-state index is 5.48. The van der Waals surface area contributed by atoms with E-state index in [4.69, 9.17) is 6.42 Å². The third-order valence-corrected chi connectivity index (χ3v) is 2.47. The van der Waals surface area contributed by atoms with Crippen LogP contribution >= 0.6 is 0 Å². The molecule has 0 saturated heterocycles. The number of rotatable bonds is 4. The van der Waals surface area contributed by atoms with Crippen LogP contribution in [-0.2, 0) is 6.54 Å². The summed E-state index contributed by atoms with van der Waals surface area (Å²) in [6.07, 6.45) is 10.1. The second-order valence-corrected chi connectivity index (χ2v) is 3.49. The van der Waals surface area contributed by atoms with E-state index in [-0.39, 0.29) is 5.54 Å². The summed E-state index contributed by atoms with van der Waals surface area (Å²) < 4.78 is 2.03. The monoisotopic (exact) mass is 191 g/mol. The van der Waals surface area contributed by atoms with E-state index in [1.165, 1.54) is 0 Å². The van der Waals surface area contributed by atoms with Gasteiger partial charge in [0.05, 0.1) is 5.54 Å². The fraction of sp³-hybridized carbons (Fsp3) is 0.545. The quantitative estimate of drug-likeness (QED) is 0.739. The molecule has 76 valence electrons. The Morgan fingerprint density at radius 3 is 2.86 bits per heavy atom. The topological polar surface area (TPSA) is 29.9 Å². The molecule has 0 aromatic carbocycles. The molecule has 1 aromatic rings. The van der Waals surface area contributed by atoms with Crippen LogP contribution in [0.1, 0.15) is 27.2 Å². The average molecular weight is 191 g/mol. The Bertz CT molecular complexity index is 335. The van der Waals surface area contributed by atoms with Crippen LogP contribution in [0.4, 0.5) is 5.95 Å². The summed E-state index contributed by atoms with van der Waals surface area (Å²) in [6.45, 7) is 7.03. The molecule has 1 rings (SSSR count). The van der Waals surface area contributed by atoms with Crippen LogP contribution in [0.15, 0.2) is 12.4 Å². The standard InChI is InChI=1S/C11H17N3/c1-5-11(4,6-2)13-10-12-8-9-14(10)7-3/h1,8-9H,6-7H2,2-4H3,(H,12,13). The highest BCUT2D eigenvalue weighted by Gasteiger charge is 2.19. The minimum atomic E-state index is -0.307. The van der Waals surface area contributed by atoms with E-state index in [1.807, 2.05) is 17.7 Å². The van der Waals surface area contributed by atoms with Crippen LogP contribution in [-0.4, -0.2) is 15.1 Å². The predicted octanol–water partition coefficient (Wildman–Crippen LogP) is 2.12. The van der Waals surface area contributed by atoms with Crippen LogP contribution in [0, 0.1) is 12.3 Å². The van der Waals surface area contributed by atoms with Crippen molar-refractivity contribution >= 4 is 5.95 Å². The van der Waals surface area contributed by atoms with Crippen molar-refractivity contribution in [2.75, 3.05) is 5.32 Å². The lowest BCUT2D eigenvalue weighted by atomic mass is 10.0. The van der Waals surface area contributed by atoms with Crippen LogP contribution in [0.5, 0.6) is 0 Å². The Hall–Kier alpha value is -1.43. The van der Waals surface area contributed by atoms with Gasteiger partial charge in [-0.1, -0.05) is 12.8 Å². The predicted molar refractivity (Wildman–Crippen MR) is 59.1 cm³/mol. The molecule has 0 fully saturated rings. The molecule has 0 saturated carbocycles. The molecular formula is C11H17N3. The zero-order chi connectivity index (χ0) is 10.6. The number of imidazole rings is 1. The summed E-state index contributed by atoms with van der Waals surface area (Å²) in [5, 5.41) is 3.27. The van der Waals surface area contributed by atoms with Crippen molar-refractivity contribution in [3.05, 3.63) is 12.4 Å². The molecule has 0 spiro atoms. The lowest BCUT2D eigenvalue weighted by molar-refractivity contribution is 0.616. The molecule has 0 aliphatic heterocycles. The van der Waals surface area contributed by atoms with Crippen LogP contribution in [0.2, 0.25) is 0 Å². The Morgan fingerprint density at radius 2 is 2.36 bits per heavy atom. The number of aryl methyl sites for hydroxylation is 1. The molecule has 3 nitrogen and oxygen atoms in total. The van der Waals surface area contributed by atoms with Gasteiger partial charge in [-0.05, 0) is 20.3 Å². The number of nitrogens with one attached hydrogen (secondary N) is 1. The van der Waals surface area contributed by atoms with Crippen molar-refractivity contribution in [3.63, 3.8) is 0 Å². The number of hydrogen-bond donors (Lipinski definition) is 1. The molecule has 1 aromatic heterocycles. The van der Waals surface area contributed by atoms with Gasteiger partial charge in [-0.25, -0.2) is 4.98 Å². The van der Waals surface area contributed by atoms with Crippen molar-refractivity contribution in [2.45, 2.75) is 39.3 Å². The van der Waals surface area contributed by atoms with Gasteiger partial charge in [0.2, 0.25) is 5.95 Å². The van der Waals surface area contributed by atoms with E-state index < -0.39 is 0 Å². The third-order valence-electron chi connectivity index (χ3n) is 2.47. The molecule has 3 heteroatoms. The Balaban J connectivity index is 2.83. The van der Waals surface area contributed by atoms with E-state index in [0.29, 0.717) is 0 Å². The van der Waals surface area contributed by atoms with E-state index in [9.17, 15) is 0 Å². The van der Waals surface area contributed by atoms with E-state index in [1.54, 1.807) is 6.20 Å². The lowest BCUT2D eigenvalue weighted by Crippen LogP contribution is -2.33. The second kappa shape index (κ2) is 4.19. The molecule has 0 amide bonds. The van der Waals surface area contributed by atoms with Gasteiger partial charge in [-0.2, -0.15) is 0 Å². The highest BCUT2D eigenvalue weighted by atomic mass is 15.2. The first-order valence-corrected chi connectivity index (χ1v) is 4.92. The first kappa shape index (κ1) is 10.6. The number of terminal acetylenes is 1. The molecule has 14 heavy (non-hydrogen) atoms. The van der Waals surface area contributed by atoms with E-state index in [0.717, 1.165) is 18.9 Å². The summed E-state index contributed by atoms with van der Waals surface area (Å²) in [5.41, 5.74) is -0.307. The van der Waals surface area contributed by atoms with Crippen molar-refractivity contribution in [1.29, 1.82) is 0 Å². The summed E-state index contributed by atoms with van der Waals surface area (Å²) in [6, 6.07) is 0. The molecule has 1 heterocycles. The SMILES string of the molecule is C#CC(C)(CC)Nc1nccn1CC. The average Bonchev–Trinajstić information content (AvgIpc) is 2.65. The minimum absolute atomic E-state index is 0.307. The zero-order valence-corrected chi connectivity index (χ0v) is 9.04. The van der Waals surface area contributed by atoms with Gasteiger partial charge in [0.15, 0.2) is 0 Å². The smallest absolute Gasteiger partial charge is 0.203 e. The van der Waals surface area contributed by atoms with Gasteiger partial charge in [0.25, 0.3) is 0 Å². The highest BCUT2D eigenvalue weighted by Crippen LogP contribution is 2.15. The van der Waals surface area contributed by atoms with Crippen LogP contribution < -0.4 is 5.32 Å². The fourth-order valence-electron chi connectivity index (χ4n) is 1.16. The Kier molecular flexibility index (Phi) is 3.19. The molecule has 0 aliphatic carbocycles. The summed E-state index contributed by atoms with van der Waals surface area (Å²) >= 11 is 0. The van der Waals surface area contributed by atoms with E-state index >= 15 is 0 Å². The Labute approximate surface area is 85.5 Å². The number of hydrogen-bond acceptors (Lipinski definition) is 2. The summed E-state index contributed by atoms with van der Waals surface area (Å²) in [4.78, 5) is 4.22. The van der Waals surface area contributed by atoms with Gasteiger partial charge >= 0.3 is 0 Å². The first-order valence-electron chi connectivity index (χ1n) is 4.92. The lowest BCUT2D eigenvalue weighted by Gasteiger charge is -2.24. The van der Waals surface area contributed by atoms with Gasteiger partial charge in [0, 0.05) is 18.9 Å². The minimum Gasteiger partial charge on any atom is -0.340 e. The van der Waals surface area contributed by atoms with Gasteiger partial charge < -0.3 is 9.88 Å². The summed E-state index contributed by atoms with van der Waals surface area (Å²) in [5.74, 6) is 3.60. The van der Waals surface area contributed by atoms with Gasteiger partial charge in [-0.3, -0.25) is 0 Å². The first-order chi connectivity index (χ1) is 6.65. The maximum Gasteiger partial charge on any atom is 0.203 e. The van der Waals surface area contributed by atoms with Crippen molar-refractivity contribution in [3.8, 4) is 12.3 Å². The molecule has 1 atom stereocenters. The number of anilines is 1. The van der Waals surface area contributed by atoms with Crippen molar-refractivity contribution in [2.24, 2.45) is 0 Å².